The number of ether oxygens (including phenoxy) is 2. The van der Waals surface area contributed by atoms with Gasteiger partial charge in [0.1, 0.15) is 6.61 Å². The predicted octanol–water partition coefficient (Wildman–Crippen LogP) is 2.23. The van der Waals surface area contributed by atoms with Gasteiger partial charge in [-0.3, -0.25) is 10.1 Å². The van der Waals surface area contributed by atoms with Crippen LogP contribution in [0.3, 0.4) is 0 Å². The summed E-state index contributed by atoms with van der Waals surface area (Å²) in [5.41, 5.74) is 1.70. The molecule has 1 saturated heterocycles. The van der Waals surface area contributed by atoms with Crippen molar-refractivity contribution in [2.45, 2.75) is 26.2 Å². The molecule has 1 aromatic rings. The van der Waals surface area contributed by atoms with Crippen LogP contribution in [0.5, 0.6) is 0 Å². The van der Waals surface area contributed by atoms with Crippen molar-refractivity contribution in [1.29, 1.82) is 0 Å². The van der Waals surface area contributed by atoms with Crippen molar-refractivity contribution < 1.29 is 14.3 Å². The number of rotatable bonds is 7. The van der Waals surface area contributed by atoms with E-state index in [2.05, 4.69) is 15.2 Å². The van der Waals surface area contributed by atoms with Crippen LogP contribution in [0.1, 0.15) is 35.2 Å². The van der Waals surface area contributed by atoms with Gasteiger partial charge in [-0.05, 0) is 45.0 Å². The molecule has 2 rings (SSSR count). The molecule has 1 aromatic carbocycles. The van der Waals surface area contributed by atoms with Crippen molar-refractivity contribution in [3.05, 3.63) is 35.4 Å². The predicted molar refractivity (Wildman–Crippen MR) is 99.1 cm³/mol. The van der Waals surface area contributed by atoms with Crippen LogP contribution >= 0.6 is 0 Å². The van der Waals surface area contributed by atoms with Gasteiger partial charge in [0, 0.05) is 19.2 Å². The number of methoxy groups -OCH3 is 1. The van der Waals surface area contributed by atoms with Gasteiger partial charge in [0.25, 0.3) is 11.9 Å². The van der Waals surface area contributed by atoms with Crippen LogP contribution in [0.25, 0.3) is 0 Å². The van der Waals surface area contributed by atoms with Crippen molar-refractivity contribution in [3.8, 4) is 0 Å². The Balaban J connectivity index is 1.89. The third-order valence-electron chi connectivity index (χ3n) is 4.18. The lowest BCUT2D eigenvalue weighted by Gasteiger charge is -2.25. The largest absolute Gasteiger partial charge is 0.463 e. The second-order valence-electron chi connectivity index (χ2n) is 6.25. The Morgan fingerprint density at radius 3 is 2.56 bits per heavy atom. The zero-order chi connectivity index (χ0) is 17.9. The number of hydrogen-bond donors (Lipinski definition) is 1. The van der Waals surface area contributed by atoms with Crippen molar-refractivity contribution in [3.63, 3.8) is 0 Å². The average Bonchev–Trinajstić information content (AvgIpc) is 2.63. The molecule has 0 saturated carbocycles. The lowest BCUT2D eigenvalue weighted by atomic mass is 10.1. The molecule has 6 heteroatoms. The highest BCUT2D eigenvalue weighted by molar-refractivity contribution is 6.04. The van der Waals surface area contributed by atoms with Crippen molar-refractivity contribution >= 4 is 11.9 Å². The highest BCUT2D eigenvalue weighted by Crippen LogP contribution is 2.07. The summed E-state index contributed by atoms with van der Waals surface area (Å²) in [5, 5.41) is 2.76. The average molecular weight is 347 g/mol. The molecule has 0 bridgehead atoms. The molecule has 0 unspecified atom stereocenters. The molecule has 1 N–H and O–H groups in total. The van der Waals surface area contributed by atoms with E-state index < -0.39 is 0 Å². The lowest BCUT2D eigenvalue weighted by molar-refractivity contribution is 0.0953. The van der Waals surface area contributed by atoms with Crippen molar-refractivity contribution in [1.82, 2.24) is 10.2 Å². The quantitative estimate of drug-likeness (QED) is 0.467. The maximum absolute atomic E-state index is 12.4. The van der Waals surface area contributed by atoms with Crippen LogP contribution in [0.4, 0.5) is 0 Å². The van der Waals surface area contributed by atoms with E-state index in [-0.39, 0.29) is 11.9 Å². The fourth-order valence-electron chi connectivity index (χ4n) is 2.69. The summed E-state index contributed by atoms with van der Waals surface area (Å²) >= 11 is 0. The van der Waals surface area contributed by atoms with Crippen LogP contribution < -0.4 is 5.32 Å². The maximum atomic E-state index is 12.4. The Bertz CT molecular complexity index is 552. The first kappa shape index (κ1) is 19.4. The molecule has 6 nitrogen and oxygen atoms in total. The third kappa shape index (κ3) is 7.23. The second-order valence-corrected chi connectivity index (χ2v) is 6.25. The van der Waals surface area contributed by atoms with Crippen LogP contribution in [0, 0.1) is 6.92 Å². The minimum atomic E-state index is -0.214. The zero-order valence-electron chi connectivity index (χ0n) is 15.3. The summed E-state index contributed by atoms with van der Waals surface area (Å²) in [6, 6.07) is 7.68. The normalized spacial score (nSPS) is 15.8. The maximum Gasteiger partial charge on any atom is 0.291 e. The molecular formula is C19H29N3O3. The number of likely N-dealkylation sites (tertiary alicyclic amines) is 1. The highest BCUT2D eigenvalue weighted by atomic mass is 16.5. The van der Waals surface area contributed by atoms with Crippen molar-refractivity contribution in [2.75, 3.05) is 46.5 Å². The topological polar surface area (TPSA) is 63.2 Å². The van der Waals surface area contributed by atoms with E-state index in [1.165, 1.54) is 19.3 Å². The van der Waals surface area contributed by atoms with Gasteiger partial charge in [-0.15, -0.1) is 0 Å². The minimum absolute atomic E-state index is 0.214. The monoisotopic (exact) mass is 347 g/mol. The Labute approximate surface area is 150 Å². The van der Waals surface area contributed by atoms with E-state index in [0.29, 0.717) is 25.3 Å². The molecule has 0 aliphatic carbocycles. The Hall–Kier alpha value is -1.92. The summed E-state index contributed by atoms with van der Waals surface area (Å²) in [7, 11) is 1.61. The number of aryl methyl sites for hydroxylation is 1. The number of nitrogens with one attached hydrogen (secondary N) is 1. The molecule has 0 spiro atoms. The number of carbonyl (C=O) groups excluding carboxylic acids is 1. The second kappa shape index (κ2) is 10.8. The van der Waals surface area contributed by atoms with Crippen LogP contribution in [-0.4, -0.2) is 63.3 Å². The number of carbonyl (C=O) groups is 1. The number of nitrogens with zero attached hydrogens (tertiary/aromatic N) is 2. The SMILES string of the molecule is COCCOC(=NCCN1CCCCC1)NC(=O)c1ccc(C)cc1. The number of aliphatic imine (C=N–C) groups is 1. The molecule has 1 amide bonds. The number of amides is 1. The van der Waals surface area contributed by atoms with Gasteiger partial charge in [-0.25, -0.2) is 4.99 Å². The van der Waals surface area contributed by atoms with E-state index in [9.17, 15) is 4.79 Å². The van der Waals surface area contributed by atoms with Gasteiger partial charge < -0.3 is 14.4 Å². The van der Waals surface area contributed by atoms with E-state index in [1.807, 2.05) is 19.1 Å². The van der Waals surface area contributed by atoms with Crippen LogP contribution in [0.15, 0.2) is 29.3 Å². The van der Waals surface area contributed by atoms with Gasteiger partial charge in [0.2, 0.25) is 0 Å². The number of piperidine rings is 1. The van der Waals surface area contributed by atoms with Gasteiger partial charge in [-0.2, -0.15) is 0 Å². The Morgan fingerprint density at radius 1 is 1.16 bits per heavy atom. The Kier molecular flexibility index (Phi) is 8.42. The minimum Gasteiger partial charge on any atom is -0.463 e. The first-order chi connectivity index (χ1) is 12.2. The first-order valence-electron chi connectivity index (χ1n) is 8.95. The fourth-order valence-corrected chi connectivity index (χ4v) is 2.69. The molecule has 0 aromatic heterocycles. The summed E-state index contributed by atoms with van der Waals surface area (Å²) in [6.07, 6.45) is 3.83. The molecule has 0 radical (unpaired) electrons. The number of benzene rings is 1. The molecule has 1 aliphatic heterocycles. The van der Waals surface area contributed by atoms with Gasteiger partial charge in [0.15, 0.2) is 0 Å². The molecular weight excluding hydrogens is 318 g/mol. The van der Waals surface area contributed by atoms with Gasteiger partial charge in [0.05, 0.1) is 13.2 Å². The highest BCUT2D eigenvalue weighted by Gasteiger charge is 2.12. The van der Waals surface area contributed by atoms with Gasteiger partial charge in [-0.1, -0.05) is 24.1 Å². The third-order valence-corrected chi connectivity index (χ3v) is 4.18. The fraction of sp³-hybridized carbons (Fsp3) is 0.579. The van der Waals surface area contributed by atoms with Gasteiger partial charge >= 0.3 is 0 Å². The molecule has 1 heterocycles. The van der Waals surface area contributed by atoms with Crippen LogP contribution in [0.2, 0.25) is 0 Å². The van der Waals surface area contributed by atoms with Crippen molar-refractivity contribution in [2.24, 2.45) is 4.99 Å². The van der Waals surface area contributed by atoms with E-state index in [1.54, 1.807) is 19.2 Å². The summed E-state index contributed by atoms with van der Waals surface area (Å²) in [4.78, 5) is 19.2. The first-order valence-corrected chi connectivity index (χ1v) is 8.95. The van der Waals surface area contributed by atoms with E-state index in [0.717, 1.165) is 25.2 Å². The van der Waals surface area contributed by atoms with E-state index >= 15 is 0 Å². The van der Waals surface area contributed by atoms with Crippen LogP contribution in [-0.2, 0) is 9.47 Å². The Morgan fingerprint density at radius 2 is 1.88 bits per heavy atom. The summed E-state index contributed by atoms with van der Waals surface area (Å²) in [5.74, 6) is -0.214. The zero-order valence-corrected chi connectivity index (χ0v) is 15.3. The molecule has 0 atom stereocenters. The van der Waals surface area contributed by atoms with E-state index in [4.69, 9.17) is 9.47 Å². The smallest absolute Gasteiger partial charge is 0.291 e. The molecule has 1 aliphatic rings. The summed E-state index contributed by atoms with van der Waals surface area (Å²) < 4.78 is 10.6. The molecule has 1 fully saturated rings. The molecule has 138 valence electrons. The number of hydrogen-bond acceptors (Lipinski definition) is 5. The lowest BCUT2D eigenvalue weighted by Crippen LogP contribution is -2.35. The summed E-state index contributed by atoms with van der Waals surface area (Å²) in [6.45, 7) is 6.55. The standard InChI is InChI=1S/C19H29N3O3/c1-16-6-8-17(9-7-16)18(23)21-19(25-15-14-24-2)20-10-13-22-11-4-3-5-12-22/h6-9H,3-5,10-15H2,1-2H3,(H,20,21,23). The molecule has 25 heavy (non-hydrogen) atoms. The number of amidine groups is 1.